The molecule has 1 aromatic rings. The molecule has 0 aromatic carbocycles. The summed E-state index contributed by atoms with van der Waals surface area (Å²) in [4.78, 5) is 12.1. The van der Waals surface area contributed by atoms with E-state index in [-0.39, 0.29) is 0 Å². The van der Waals surface area contributed by atoms with Gasteiger partial charge in [0.2, 0.25) is 0 Å². The van der Waals surface area contributed by atoms with Gasteiger partial charge in [-0.15, -0.1) is 0 Å². The second-order valence-electron chi connectivity index (χ2n) is 2.76. The third kappa shape index (κ3) is 2.69. The monoisotopic (exact) mass is 193 g/mol. The van der Waals surface area contributed by atoms with Crippen LogP contribution in [0.5, 0.6) is 0 Å². The molecule has 1 rings (SSSR count). The minimum atomic E-state index is 0.580. The number of aryl methyl sites for hydroxylation is 1. The molecule has 1 aromatic heterocycles. The van der Waals surface area contributed by atoms with E-state index in [1.165, 1.54) is 6.34 Å². The van der Waals surface area contributed by atoms with Crippen LogP contribution in [0, 0.1) is 0 Å². The molecule has 0 amide bonds. The number of rotatable bonds is 4. The van der Waals surface area contributed by atoms with E-state index < -0.39 is 0 Å². The maximum Gasteiger partial charge on any atom is 0.154 e. The number of hydrogen-bond donors (Lipinski definition) is 1. The van der Waals surface area contributed by atoms with E-state index in [9.17, 15) is 0 Å². The van der Waals surface area contributed by atoms with E-state index >= 15 is 0 Å². The van der Waals surface area contributed by atoms with Crippen molar-refractivity contribution in [2.45, 2.75) is 26.8 Å². The maximum atomic E-state index is 5.52. The van der Waals surface area contributed by atoms with Crippen LogP contribution in [0.1, 0.15) is 20.3 Å². The lowest BCUT2D eigenvalue weighted by Crippen LogP contribution is -2.09. The summed E-state index contributed by atoms with van der Waals surface area (Å²) in [5.74, 6) is 1.37. The predicted molar refractivity (Wildman–Crippen MR) is 58.0 cm³/mol. The topological polar surface area (TPSA) is 68.6 Å². The lowest BCUT2D eigenvalue weighted by atomic mass is 10.5. The SMILES string of the molecule is CCC(N)=NC=Nc1cncn1CC. The van der Waals surface area contributed by atoms with Gasteiger partial charge in [0, 0.05) is 13.0 Å². The molecule has 0 spiro atoms. The Labute approximate surface area is 83.4 Å². The molecule has 14 heavy (non-hydrogen) atoms. The van der Waals surface area contributed by atoms with Crippen molar-refractivity contribution < 1.29 is 0 Å². The molecule has 0 atom stereocenters. The van der Waals surface area contributed by atoms with Crippen molar-refractivity contribution >= 4 is 18.0 Å². The molecular formula is C9H15N5. The van der Waals surface area contributed by atoms with Gasteiger partial charge < -0.3 is 10.3 Å². The van der Waals surface area contributed by atoms with Crippen molar-refractivity contribution in [2.75, 3.05) is 0 Å². The van der Waals surface area contributed by atoms with Crippen molar-refractivity contribution in [2.24, 2.45) is 15.7 Å². The first-order chi connectivity index (χ1) is 6.77. The highest BCUT2D eigenvalue weighted by Gasteiger charge is 1.94. The van der Waals surface area contributed by atoms with E-state index in [1.807, 2.05) is 18.4 Å². The average molecular weight is 193 g/mol. The van der Waals surface area contributed by atoms with Crippen LogP contribution >= 0.6 is 0 Å². The Morgan fingerprint density at radius 3 is 3.07 bits per heavy atom. The fourth-order valence-electron chi connectivity index (χ4n) is 0.918. The smallest absolute Gasteiger partial charge is 0.154 e. The van der Waals surface area contributed by atoms with E-state index in [4.69, 9.17) is 5.73 Å². The highest BCUT2D eigenvalue weighted by molar-refractivity contribution is 5.87. The van der Waals surface area contributed by atoms with E-state index in [2.05, 4.69) is 15.0 Å². The van der Waals surface area contributed by atoms with Gasteiger partial charge in [-0.3, -0.25) is 0 Å². The number of aromatic nitrogens is 2. The summed E-state index contributed by atoms with van der Waals surface area (Å²) in [5.41, 5.74) is 5.52. The van der Waals surface area contributed by atoms with Crippen LogP contribution in [0.2, 0.25) is 0 Å². The third-order valence-electron chi connectivity index (χ3n) is 1.81. The van der Waals surface area contributed by atoms with Crippen LogP contribution < -0.4 is 5.73 Å². The van der Waals surface area contributed by atoms with Gasteiger partial charge in [0.25, 0.3) is 0 Å². The zero-order valence-electron chi connectivity index (χ0n) is 8.51. The van der Waals surface area contributed by atoms with Crippen LogP contribution in [0.3, 0.4) is 0 Å². The Kier molecular flexibility index (Phi) is 3.84. The van der Waals surface area contributed by atoms with Gasteiger partial charge in [-0.2, -0.15) is 0 Å². The van der Waals surface area contributed by atoms with Crippen molar-refractivity contribution in [1.82, 2.24) is 9.55 Å². The largest absolute Gasteiger partial charge is 0.387 e. The second kappa shape index (κ2) is 5.16. The minimum absolute atomic E-state index is 0.580. The van der Waals surface area contributed by atoms with Crippen LogP contribution in [0.4, 0.5) is 5.82 Å². The van der Waals surface area contributed by atoms with Crippen molar-refractivity contribution in [3.05, 3.63) is 12.5 Å². The molecular weight excluding hydrogens is 178 g/mol. The summed E-state index contributed by atoms with van der Waals surface area (Å²) in [5, 5.41) is 0. The van der Waals surface area contributed by atoms with E-state index in [0.717, 1.165) is 18.8 Å². The van der Waals surface area contributed by atoms with Crippen LogP contribution in [-0.2, 0) is 6.54 Å². The normalized spacial score (nSPS) is 12.6. The summed E-state index contributed by atoms with van der Waals surface area (Å²) < 4.78 is 1.92. The minimum Gasteiger partial charge on any atom is -0.387 e. The van der Waals surface area contributed by atoms with Crippen LogP contribution in [0.25, 0.3) is 0 Å². The zero-order chi connectivity index (χ0) is 10.4. The molecule has 5 heteroatoms. The summed E-state index contributed by atoms with van der Waals surface area (Å²) in [7, 11) is 0. The Morgan fingerprint density at radius 1 is 1.64 bits per heavy atom. The van der Waals surface area contributed by atoms with Crippen molar-refractivity contribution in [1.29, 1.82) is 0 Å². The quantitative estimate of drug-likeness (QED) is 0.579. The Morgan fingerprint density at radius 2 is 2.43 bits per heavy atom. The highest BCUT2D eigenvalue weighted by atomic mass is 15.1. The molecule has 5 nitrogen and oxygen atoms in total. The molecule has 0 aliphatic heterocycles. The molecule has 0 radical (unpaired) electrons. The highest BCUT2D eigenvalue weighted by Crippen LogP contribution is 2.08. The Balaban J connectivity index is 2.68. The second-order valence-corrected chi connectivity index (χ2v) is 2.76. The van der Waals surface area contributed by atoms with Crippen molar-refractivity contribution in [3.8, 4) is 0 Å². The lowest BCUT2D eigenvalue weighted by Gasteiger charge is -1.97. The first-order valence-electron chi connectivity index (χ1n) is 4.62. The Hall–Kier alpha value is -1.65. The average Bonchev–Trinajstić information content (AvgIpc) is 2.65. The number of aliphatic imine (C=N–C) groups is 2. The lowest BCUT2D eigenvalue weighted by molar-refractivity contribution is 0.764. The number of nitrogens with two attached hydrogens (primary N) is 1. The molecule has 1 heterocycles. The van der Waals surface area contributed by atoms with Gasteiger partial charge in [0.05, 0.1) is 12.5 Å². The number of amidine groups is 1. The van der Waals surface area contributed by atoms with Gasteiger partial charge in [-0.05, 0) is 6.92 Å². The van der Waals surface area contributed by atoms with Crippen LogP contribution in [-0.4, -0.2) is 21.7 Å². The number of imidazole rings is 1. The van der Waals surface area contributed by atoms with Gasteiger partial charge in [-0.25, -0.2) is 15.0 Å². The summed E-state index contributed by atoms with van der Waals surface area (Å²) in [6.45, 7) is 4.83. The zero-order valence-corrected chi connectivity index (χ0v) is 8.51. The molecule has 0 saturated carbocycles. The summed E-state index contributed by atoms with van der Waals surface area (Å²) in [6.07, 6.45) is 5.62. The van der Waals surface area contributed by atoms with E-state index in [0.29, 0.717) is 5.84 Å². The van der Waals surface area contributed by atoms with Gasteiger partial charge in [-0.1, -0.05) is 6.92 Å². The number of nitrogens with zero attached hydrogens (tertiary/aromatic N) is 4. The third-order valence-corrected chi connectivity index (χ3v) is 1.81. The molecule has 2 N–H and O–H groups in total. The fraction of sp³-hybridized carbons (Fsp3) is 0.444. The molecule has 0 bridgehead atoms. The van der Waals surface area contributed by atoms with Gasteiger partial charge in [0.1, 0.15) is 12.2 Å². The standard InChI is InChI=1S/C9H15N5/c1-3-8(10)12-6-13-9-5-11-7-14(9)4-2/h5-7H,3-4H2,1-2H3,(H2,10,12,13). The molecule has 76 valence electrons. The molecule has 0 unspecified atom stereocenters. The molecule has 0 aliphatic rings. The van der Waals surface area contributed by atoms with E-state index in [1.54, 1.807) is 12.5 Å². The summed E-state index contributed by atoms with van der Waals surface area (Å²) in [6, 6.07) is 0. The molecule has 0 fully saturated rings. The summed E-state index contributed by atoms with van der Waals surface area (Å²) >= 11 is 0. The molecule has 0 saturated heterocycles. The number of hydrogen-bond acceptors (Lipinski definition) is 2. The first-order valence-corrected chi connectivity index (χ1v) is 4.62. The fourth-order valence-corrected chi connectivity index (χ4v) is 0.918. The van der Waals surface area contributed by atoms with Gasteiger partial charge in [0.15, 0.2) is 5.82 Å². The van der Waals surface area contributed by atoms with Gasteiger partial charge >= 0.3 is 0 Å². The molecule has 0 aliphatic carbocycles. The first kappa shape index (κ1) is 10.4. The Bertz CT molecular complexity index is 337. The van der Waals surface area contributed by atoms with Crippen molar-refractivity contribution in [3.63, 3.8) is 0 Å². The van der Waals surface area contributed by atoms with Crippen LogP contribution in [0.15, 0.2) is 22.5 Å². The predicted octanol–water partition coefficient (Wildman–Crippen LogP) is 1.33. The maximum absolute atomic E-state index is 5.52.